The van der Waals surface area contributed by atoms with Crippen LogP contribution in [0.3, 0.4) is 0 Å². The van der Waals surface area contributed by atoms with Crippen molar-refractivity contribution in [1.29, 1.82) is 0 Å². The molecule has 3 rings (SSSR count). The van der Waals surface area contributed by atoms with E-state index in [0.29, 0.717) is 55.7 Å². The summed E-state index contributed by atoms with van der Waals surface area (Å²) >= 11 is 0. The number of rotatable bonds is 18. The number of carbonyl (C=O) groups is 3. The number of allylic oxidation sites excluding steroid dienone is 2. The van der Waals surface area contributed by atoms with E-state index >= 15 is 0 Å². The highest BCUT2D eigenvalue weighted by Crippen LogP contribution is 2.65. The Morgan fingerprint density at radius 1 is 0.838 bits per heavy atom. The molecule has 0 aromatic rings. The van der Waals surface area contributed by atoms with Crippen molar-refractivity contribution in [3.8, 4) is 0 Å². The maximum absolute atomic E-state index is 12.4. The molecule has 4 nitrogen and oxygen atoms in total. The molecule has 37 heavy (non-hydrogen) atoms. The third-order valence-electron chi connectivity index (χ3n) is 9.71. The van der Waals surface area contributed by atoms with Crippen LogP contribution in [0, 0.1) is 22.7 Å². The van der Waals surface area contributed by atoms with Gasteiger partial charge >= 0.3 is 5.97 Å². The van der Waals surface area contributed by atoms with Crippen molar-refractivity contribution in [3.63, 3.8) is 0 Å². The molecule has 0 amide bonds. The van der Waals surface area contributed by atoms with Gasteiger partial charge < -0.3 is 4.74 Å². The highest BCUT2D eigenvalue weighted by Gasteiger charge is 2.60. The average Bonchev–Trinajstić information content (AvgIpc) is 3.18. The van der Waals surface area contributed by atoms with Crippen LogP contribution in [0.5, 0.6) is 0 Å². The van der Waals surface area contributed by atoms with E-state index in [1.807, 2.05) is 0 Å². The second-order valence-electron chi connectivity index (χ2n) is 13.3. The van der Waals surface area contributed by atoms with Gasteiger partial charge in [0, 0.05) is 42.1 Å². The van der Waals surface area contributed by atoms with Crippen molar-refractivity contribution in [2.45, 2.75) is 150 Å². The number of Topliss-reactive ketones (excluding diaryl/α,β-unsaturated/α-hetero) is 2. The third kappa shape index (κ3) is 8.27. The molecule has 0 unspecified atom stereocenters. The normalized spacial score (nSPS) is 28.6. The first-order valence-corrected chi connectivity index (χ1v) is 15.6. The van der Waals surface area contributed by atoms with Gasteiger partial charge in [-0.3, -0.25) is 14.4 Å². The number of fused-ring (bicyclic) bond motifs is 3. The maximum atomic E-state index is 12.4. The van der Waals surface area contributed by atoms with Crippen LogP contribution in [0.2, 0.25) is 0 Å². The first-order valence-electron chi connectivity index (χ1n) is 15.6. The Bertz CT molecular complexity index is 826. The maximum Gasteiger partial charge on any atom is 0.305 e. The number of ketones is 2. The molecule has 4 heteroatoms. The number of unbranched alkanes of at least 4 members (excludes halogenated alkanes) is 10. The molecule has 3 aliphatic carbocycles. The fraction of sp³-hybridized carbons (Fsp3) is 0.848. The lowest BCUT2D eigenvalue weighted by atomic mass is 9.51. The van der Waals surface area contributed by atoms with E-state index in [0.717, 1.165) is 44.1 Å². The molecule has 0 N–H and O–H groups in total. The molecule has 2 saturated carbocycles. The van der Waals surface area contributed by atoms with E-state index in [9.17, 15) is 14.4 Å². The number of esters is 1. The summed E-state index contributed by atoms with van der Waals surface area (Å²) in [5, 5.41) is 0. The molecule has 0 bridgehead atoms. The molecule has 0 saturated heterocycles. The lowest BCUT2D eigenvalue weighted by Gasteiger charge is -2.51. The summed E-state index contributed by atoms with van der Waals surface area (Å²) in [6.45, 7) is 9.41. The van der Waals surface area contributed by atoms with E-state index in [4.69, 9.17) is 4.74 Å². The Morgan fingerprint density at radius 3 is 2.03 bits per heavy atom. The molecule has 2 fully saturated rings. The van der Waals surface area contributed by atoms with Crippen LogP contribution < -0.4 is 0 Å². The van der Waals surface area contributed by atoms with E-state index in [1.54, 1.807) is 0 Å². The summed E-state index contributed by atoms with van der Waals surface area (Å²) in [5.41, 5.74) is 2.46. The summed E-state index contributed by atoms with van der Waals surface area (Å²) in [6, 6.07) is 0. The van der Waals surface area contributed by atoms with Crippen molar-refractivity contribution < 1.29 is 19.1 Å². The van der Waals surface area contributed by atoms with Crippen LogP contribution in [-0.2, 0) is 19.1 Å². The third-order valence-corrected chi connectivity index (χ3v) is 9.71. The summed E-state index contributed by atoms with van der Waals surface area (Å²) < 4.78 is 5.74. The van der Waals surface area contributed by atoms with Gasteiger partial charge in [0.15, 0.2) is 5.78 Å². The quantitative estimate of drug-likeness (QED) is 0.136. The van der Waals surface area contributed by atoms with Crippen LogP contribution in [0.25, 0.3) is 0 Å². The summed E-state index contributed by atoms with van der Waals surface area (Å²) in [4.78, 5) is 36.8. The molecule has 0 heterocycles. The first-order chi connectivity index (χ1) is 17.7. The largest absolute Gasteiger partial charge is 0.465 e. The summed E-state index contributed by atoms with van der Waals surface area (Å²) in [5.74, 6) is 1.71. The molecule has 0 aromatic heterocycles. The average molecular weight is 515 g/mol. The Balaban J connectivity index is 1.20. The molecule has 4 atom stereocenters. The molecule has 3 aliphatic rings. The highest BCUT2D eigenvalue weighted by atomic mass is 16.5. The Morgan fingerprint density at radius 2 is 1.41 bits per heavy atom. The SMILES string of the molecule is CCCCCCCCCCCCC(=O)CCCCC(=O)OC[C@]1(C)C[C@H]2CC(C)=C3C(=O)C[C@]3(C)[C@H]2C1. The fourth-order valence-corrected chi connectivity index (χ4v) is 7.75. The standard InChI is InChI=1S/C33H54O4/c1-5-6-7-8-9-10-11-12-13-14-17-27(34)18-15-16-19-30(36)37-24-32(3)21-26-20-25(2)31-29(35)23-33(31,4)28(26)22-32/h26,28H,5-24H2,1-4H3/t26-,28+,32-,33-/m1/s1. The van der Waals surface area contributed by atoms with Crippen LogP contribution in [0.15, 0.2) is 11.1 Å². The minimum Gasteiger partial charge on any atom is -0.465 e. The van der Waals surface area contributed by atoms with Crippen LogP contribution in [-0.4, -0.2) is 24.1 Å². The summed E-state index contributed by atoms with van der Waals surface area (Å²) in [6.07, 6.45) is 19.9. The van der Waals surface area contributed by atoms with Crippen molar-refractivity contribution in [2.24, 2.45) is 22.7 Å². The molecular weight excluding hydrogens is 460 g/mol. The molecule has 0 aromatic carbocycles. The fourth-order valence-electron chi connectivity index (χ4n) is 7.75. The number of carbonyl (C=O) groups excluding carboxylic acids is 3. The number of hydrogen-bond donors (Lipinski definition) is 0. The predicted octanol–water partition coefficient (Wildman–Crippen LogP) is 8.70. The highest BCUT2D eigenvalue weighted by molar-refractivity contribution is 6.05. The topological polar surface area (TPSA) is 60.4 Å². The van der Waals surface area contributed by atoms with Gasteiger partial charge in [0.25, 0.3) is 0 Å². The Hall–Kier alpha value is -1.45. The van der Waals surface area contributed by atoms with Gasteiger partial charge in [-0.2, -0.15) is 0 Å². The minimum atomic E-state index is -0.127. The van der Waals surface area contributed by atoms with Crippen molar-refractivity contribution >= 4 is 17.5 Å². The van der Waals surface area contributed by atoms with Gasteiger partial charge in [0.05, 0.1) is 6.61 Å². The number of ether oxygens (including phenoxy) is 1. The van der Waals surface area contributed by atoms with Gasteiger partial charge in [-0.1, -0.05) is 84.1 Å². The van der Waals surface area contributed by atoms with Crippen LogP contribution in [0.1, 0.15) is 150 Å². The molecule has 210 valence electrons. The van der Waals surface area contributed by atoms with Gasteiger partial charge in [-0.15, -0.1) is 0 Å². The van der Waals surface area contributed by atoms with E-state index in [2.05, 4.69) is 27.7 Å². The van der Waals surface area contributed by atoms with Crippen molar-refractivity contribution in [2.75, 3.05) is 6.61 Å². The van der Waals surface area contributed by atoms with Gasteiger partial charge in [0.1, 0.15) is 5.78 Å². The Kier molecular flexibility index (Phi) is 11.5. The van der Waals surface area contributed by atoms with E-state index < -0.39 is 0 Å². The lowest BCUT2D eigenvalue weighted by Crippen LogP contribution is -2.49. The van der Waals surface area contributed by atoms with Crippen molar-refractivity contribution in [3.05, 3.63) is 11.1 Å². The molecule has 0 radical (unpaired) electrons. The van der Waals surface area contributed by atoms with E-state index in [1.165, 1.54) is 63.4 Å². The minimum absolute atomic E-state index is 0.00733. The monoisotopic (exact) mass is 514 g/mol. The van der Waals surface area contributed by atoms with Crippen LogP contribution in [0.4, 0.5) is 0 Å². The molecular formula is C33H54O4. The zero-order valence-electron chi connectivity index (χ0n) is 24.4. The Labute approximate surface area is 226 Å². The number of hydrogen-bond acceptors (Lipinski definition) is 4. The van der Waals surface area contributed by atoms with Crippen LogP contribution >= 0.6 is 0 Å². The zero-order valence-corrected chi connectivity index (χ0v) is 24.4. The van der Waals surface area contributed by atoms with Gasteiger partial charge in [-0.05, 0) is 57.3 Å². The predicted molar refractivity (Wildman–Crippen MR) is 150 cm³/mol. The van der Waals surface area contributed by atoms with Gasteiger partial charge in [-0.25, -0.2) is 0 Å². The second-order valence-corrected chi connectivity index (χ2v) is 13.3. The van der Waals surface area contributed by atoms with Gasteiger partial charge in [0.2, 0.25) is 0 Å². The summed E-state index contributed by atoms with van der Waals surface area (Å²) in [7, 11) is 0. The molecule has 0 spiro atoms. The lowest BCUT2D eigenvalue weighted by molar-refractivity contribution is -0.147. The smallest absolute Gasteiger partial charge is 0.305 e. The zero-order chi connectivity index (χ0) is 26.9. The first kappa shape index (κ1) is 30.1. The molecule has 0 aliphatic heterocycles. The van der Waals surface area contributed by atoms with E-state index in [-0.39, 0.29) is 16.8 Å². The second kappa shape index (κ2) is 14.1. The van der Waals surface area contributed by atoms with Crippen molar-refractivity contribution in [1.82, 2.24) is 0 Å².